The van der Waals surface area contributed by atoms with Gasteiger partial charge < -0.3 is 4.74 Å². The standard InChI is InChI=1S/C17H25NO2/c1-5-17(4,18-9-11-20-12-10-18)16(19)15-8-6-7-13(2)14(15)3/h6-8H,5,9-12H2,1-4H3. The van der Waals surface area contributed by atoms with Crippen molar-refractivity contribution in [2.45, 2.75) is 39.7 Å². The van der Waals surface area contributed by atoms with Crippen molar-refractivity contribution in [3.8, 4) is 0 Å². The normalized spacial score (nSPS) is 19.6. The van der Waals surface area contributed by atoms with Gasteiger partial charge in [0.25, 0.3) is 0 Å². The monoisotopic (exact) mass is 275 g/mol. The molecule has 1 fully saturated rings. The average molecular weight is 275 g/mol. The zero-order valence-corrected chi connectivity index (χ0v) is 13.0. The van der Waals surface area contributed by atoms with Crippen LogP contribution in [0.5, 0.6) is 0 Å². The maximum atomic E-state index is 13.1. The van der Waals surface area contributed by atoms with E-state index in [0.717, 1.165) is 43.9 Å². The first-order chi connectivity index (χ1) is 9.50. The molecular weight excluding hydrogens is 250 g/mol. The number of benzene rings is 1. The number of rotatable bonds is 4. The Bertz CT molecular complexity index is 492. The van der Waals surface area contributed by atoms with Gasteiger partial charge in [-0.05, 0) is 38.3 Å². The van der Waals surface area contributed by atoms with Crippen LogP contribution in [0.15, 0.2) is 18.2 Å². The Balaban J connectivity index is 2.34. The number of ketones is 1. The second-order valence-electron chi connectivity index (χ2n) is 5.80. The van der Waals surface area contributed by atoms with E-state index < -0.39 is 5.54 Å². The molecule has 0 N–H and O–H groups in total. The lowest BCUT2D eigenvalue weighted by Gasteiger charge is -2.42. The first kappa shape index (κ1) is 15.2. The van der Waals surface area contributed by atoms with E-state index >= 15 is 0 Å². The van der Waals surface area contributed by atoms with Crippen LogP contribution in [0.2, 0.25) is 0 Å². The molecular formula is C17H25NO2. The molecule has 0 aliphatic carbocycles. The van der Waals surface area contributed by atoms with E-state index in [2.05, 4.69) is 31.7 Å². The fourth-order valence-corrected chi connectivity index (χ4v) is 2.87. The molecule has 1 aliphatic heterocycles. The molecule has 0 aromatic heterocycles. The van der Waals surface area contributed by atoms with E-state index in [1.165, 1.54) is 5.56 Å². The molecule has 0 amide bonds. The van der Waals surface area contributed by atoms with E-state index in [1.54, 1.807) is 0 Å². The molecule has 110 valence electrons. The minimum atomic E-state index is -0.428. The van der Waals surface area contributed by atoms with Crippen LogP contribution >= 0.6 is 0 Å². The van der Waals surface area contributed by atoms with Crippen molar-refractivity contribution >= 4 is 5.78 Å². The van der Waals surface area contributed by atoms with Gasteiger partial charge in [0.15, 0.2) is 5.78 Å². The molecule has 1 aromatic carbocycles. The molecule has 0 spiro atoms. The summed E-state index contributed by atoms with van der Waals surface area (Å²) in [5.74, 6) is 0.239. The second kappa shape index (κ2) is 6.06. The summed E-state index contributed by atoms with van der Waals surface area (Å²) in [7, 11) is 0. The van der Waals surface area contributed by atoms with Crippen LogP contribution in [0.3, 0.4) is 0 Å². The van der Waals surface area contributed by atoms with E-state index in [4.69, 9.17) is 4.74 Å². The van der Waals surface area contributed by atoms with Gasteiger partial charge in [-0.15, -0.1) is 0 Å². The number of Topliss-reactive ketones (excluding diaryl/α,β-unsaturated/α-hetero) is 1. The molecule has 0 bridgehead atoms. The Morgan fingerprint density at radius 2 is 1.95 bits per heavy atom. The fraction of sp³-hybridized carbons (Fsp3) is 0.588. The Labute approximate surface area is 121 Å². The zero-order chi connectivity index (χ0) is 14.8. The first-order valence-corrected chi connectivity index (χ1v) is 7.44. The summed E-state index contributed by atoms with van der Waals surface area (Å²) in [6.45, 7) is 11.4. The number of aryl methyl sites for hydroxylation is 1. The Kier molecular flexibility index (Phi) is 4.61. The van der Waals surface area contributed by atoms with Gasteiger partial charge in [-0.1, -0.05) is 25.1 Å². The topological polar surface area (TPSA) is 29.5 Å². The summed E-state index contributed by atoms with van der Waals surface area (Å²) in [4.78, 5) is 15.4. The van der Waals surface area contributed by atoms with Crippen LogP contribution in [-0.2, 0) is 4.74 Å². The number of carbonyl (C=O) groups excluding carboxylic acids is 1. The molecule has 0 saturated carbocycles. The summed E-state index contributed by atoms with van der Waals surface area (Å²) < 4.78 is 5.41. The Morgan fingerprint density at radius 3 is 2.55 bits per heavy atom. The molecule has 20 heavy (non-hydrogen) atoms. The summed E-state index contributed by atoms with van der Waals surface area (Å²) >= 11 is 0. The Hall–Kier alpha value is -1.19. The predicted octanol–water partition coefficient (Wildman–Crippen LogP) is 2.99. The largest absolute Gasteiger partial charge is 0.379 e. The van der Waals surface area contributed by atoms with Gasteiger partial charge in [0.1, 0.15) is 0 Å². The highest BCUT2D eigenvalue weighted by Gasteiger charge is 2.39. The molecule has 0 radical (unpaired) electrons. The van der Waals surface area contributed by atoms with Crippen molar-refractivity contribution in [2.24, 2.45) is 0 Å². The number of carbonyl (C=O) groups is 1. The second-order valence-corrected chi connectivity index (χ2v) is 5.80. The highest BCUT2D eigenvalue weighted by atomic mass is 16.5. The number of hydrogen-bond acceptors (Lipinski definition) is 3. The summed E-state index contributed by atoms with van der Waals surface area (Å²) in [5, 5.41) is 0. The first-order valence-electron chi connectivity index (χ1n) is 7.44. The van der Waals surface area contributed by atoms with Crippen LogP contribution < -0.4 is 0 Å². The van der Waals surface area contributed by atoms with Crippen molar-refractivity contribution in [1.82, 2.24) is 4.90 Å². The van der Waals surface area contributed by atoms with Gasteiger partial charge in [-0.2, -0.15) is 0 Å². The third kappa shape index (κ3) is 2.65. The summed E-state index contributed by atoms with van der Waals surface area (Å²) in [6, 6.07) is 5.99. The minimum absolute atomic E-state index is 0.239. The Morgan fingerprint density at radius 1 is 1.30 bits per heavy atom. The van der Waals surface area contributed by atoms with E-state index in [-0.39, 0.29) is 5.78 Å². The number of ether oxygens (including phenoxy) is 1. The van der Waals surface area contributed by atoms with Crippen LogP contribution in [0.25, 0.3) is 0 Å². The molecule has 1 saturated heterocycles. The molecule has 1 aliphatic rings. The molecule has 1 atom stereocenters. The van der Waals surface area contributed by atoms with Crippen LogP contribution in [0, 0.1) is 13.8 Å². The predicted molar refractivity (Wildman–Crippen MR) is 81.3 cm³/mol. The van der Waals surface area contributed by atoms with Gasteiger partial charge in [0.2, 0.25) is 0 Å². The lowest BCUT2D eigenvalue weighted by Crippen LogP contribution is -2.56. The highest BCUT2D eigenvalue weighted by molar-refractivity contribution is 6.04. The molecule has 1 unspecified atom stereocenters. The van der Waals surface area contributed by atoms with Gasteiger partial charge in [-0.25, -0.2) is 0 Å². The van der Waals surface area contributed by atoms with Gasteiger partial charge in [0, 0.05) is 18.7 Å². The van der Waals surface area contributed by atoms with Crippen molar-refractivity contribution in [1.29, 1.82) is 0 Å². The van der Waals surface area contributed by atoms with Crippen LogP contribution in [0.1, 0.15) is 41.8 Å². The van der Waals surface area contributed by atoms with Crippen LogP contribution in [0.4, 0.5) is 0 Å². The molecule has 1 heterocycles. The van der Waals surface area contributed by atoms with Gasteiger partial charge >= 0.3 is 0 Å². The summed E-state index contributed by atoms with van der Waals surface area (Å²) in [6.07, 6.45) is 0.819. The number of morpholine rings is 1. The molecule has 3 nitrogen and oxygen atoms in total. The van der Waals surface area contributed by atoms with Gasteiger partial charge in [0.05, 0.1) is 18.8 Å². The fourth-order valence-electron chi connectivity index (χ4n) is 2.87. The third-order valence-electron chi connectivity index (χ3n) is 4.74. The van der Waals surface area contributed by atoms with Crippen molar-refractivity contribution < 1.29 is 9.53 Å². The smallest absolute Gasteiger partial charge is 0.183 e. The number of hydrogen-bond donors (Lipinski definition) is 0. The van der Waals surface area contributed by atoms with Crippen molar-refractivity contribution in [2.75, 3.05) is 26.3 Å². The van der Waals surface area contributed by atoms with E-state index in [9.17, 15) is 4.79 Å². The maximum Gasteiger partial charge on any atom is 0.183 e. The quantitative estimate of drug-likeness (QED) is 0.791. The van der Waals surface area contributed by atoms with Crippen molar-refractivity contribution in [3.63, 3.8) is 0 Å². The minimum Gasteiger partial charge on any atom is -0.379 e. The lowest BCUT2D eigenvalue weighted by molar-refractivity contribution is -0.0106. The van der Waals surface area contributed by atoms with Crippen LogP contribution in [-0.4, -0.2) is 42.5 Å². The van der Waals surface area contributed by atoms with E-state index in [1.807, 2.05) is 19.1 Å². The van der Waals surface area contributed by atoms with Crippen molar-refractivity contribution in [3.05, 3.63) is 34.9 Å². The molecule has 2 rings (SSSR count). The average Bonchev–Trinajstić information content (AvgIpc) is 2.49. The maximum absolute atomic E-state index is 13.1. The zero-order valence-electron chi connectivity index (χ0n) is 13.0. The summed E-state index contributed by atoms with van der Waals surface area (Å²) in [5.41, 5.74) is 2.71. The number of nitrogens with zero attached hydrogens (tertiary/aromatic N) is 1. The van der Waals surface area contributed by atoms with Gasteiger partial charge in [-0.3, -0.25) is 9.69 Å². The third-order valence-corrected chi connectivity index (χ3v) is 4.74. The SMILES string of the molecule is CCC(C)(C(=O)c1cccc(C)c1C)N1CCOCC1. The van der Waals surface area contributed by atoms with E-state index in [0.29, 0.717) is 0 Å². The molecule has 1 aromatic rings. The molecule has 3 heteroatoms. The highest BCUT2D eigenvalue weighted by Crippen LogP contribution is 2.27. The lowest BCUT2D eigenvalue weighted by atomic mass is 9.84.